The fourth-order valence-corrected chi connectivity index (χ4v) is 2.39. The first-order valence-corrected chi connectivity index (χ1v) is 8.77. The van der Waals surface area contributed by atoms with E-state index < -0.39 is 0 Å². The lowest BCUT2D eigenvalue weighted by molar-refractivity contribution is 0.0952. The molecular weight excluding hydrogens is 314 g/mol. The standard InChI is InChI=1S/C20H25N3O2/c1-3-5-6-11-22-19(24)16-12-17(14-21-13-16)20(25)23-18-9-7-15(4-2)8-10-18/h7-10,12-14H,3-6,11H2,1-2H3,(H,22,24)(H,23,25). The molecule has 0 aliphatic rings. The van der Waals surface area contributed by atoms with Crippen LogP contribution in [0.25, 0.3) is 0 Å². The normalized spacial score (nSPS) is 10.3. The van der Waals surface area contributed by atoms with Crippen molar-refractivity contribution in [2.45, 2.75) is 39.5 Å². The number of amides is 2. The number of rotatable bonds is 8. The number of pyridine rings is 1. The van der Waals surface area contributed by atoms with Crippen molar-refractivity contribution >= 4 is 17.5 Å². The van der Waals surface area contributed by atoms with Gasteiger partial charge in [0.05, 0.1) is 11.1 Å². The van der Waals surface area contributed by atoms with Crippen LogP contribution in [-0.4, -0.2) is 23.3 Å². The zero-order valence-corrected chi connectivity index (χ0v) is 14.8. The van der Waals surface area contributed by atoms with Gasteiger partial charge in [0.1, 0.15) is 0 Å². The van der Waals surface area contributed by atoms with Crippen molar-refractivity contribution in [2.24, 2.45) is 0 Å². The summed E-state index contributed by atoms with van der Waals surface area (Å²) in [6.45, 7) is 4.83. The van der Waals surface area contributed by atoms with E-state index in [4.69, 9.17) is 0 Å². The van der Waals surface area contributed by atoms with Gasteiger partial charge in [0.25, 0.3) is 11.8 Å². The van der Waals surface area contributed by atoms with Crippen molar-refractivity contribution in [1.82, 2.24) is 10.3 Å². The molecule has 0 bridgehead atoms. The third-order valence-corrected chi connectivity index (χ3v) is 3.95. The molecule has 0 spiro atoms. The monoisotopic (exact) mass is 339 g/mol. The van der Waals surface area contributed by atoms with Gasteiger partial charge >= 0.3 is 0 Å². The Morgan fingerprint density at radius 1 is 0.960 bits per heavy atom. The zero-order chi connectivity index (χ0) is 18.1. The van der Waals surface area contributed by atoms with Crippen LogP contribution in [-0.2, 0) is 6.42 Å². The number of hydrogen-bond donors (Lipinski definition) is 2. The molecule has 0 aliphatic carbocycles. The molecule has 5 heteroatoms. The van der Waals surface area contributed by atoms with E-state index in [0.717, 1.165) is 31.4 Å². The van der Waals surface area contributed by atoms with Gasteiger partial charge in [-0.25, -0.2) is 0 Å². The van der Waals surface area contributed by atoms with Crippen LogP contribution in [0.15, 0.2) is 42.7 Å². The third kappa shape index (κ3) is 5.71. The molecule has 0 radical (unpaired) electrons. The third-order valence-electron chi connectivity index (χ3n) is 3.95. The lowest BCUT2D eigenvalue weighted by Crippen LogP contribution is -2.25. The number of carbonyl (C=O) groups excluding carboxylic acids is 2. The summed E-state index contributed by atoms with van der Waals surface area (Å²) in [6.07, 6.45) is 7.02. The Labute approximate surface area is 148 Å². The summed E-state index contributed by atoms with van der Waals surface area (Å²) in [5.74, 6) is -0.483. The van der Waals surface area contributed by atoms with E-state index in [1.807, 2.05) is 24.3 Å². The van der Waals surface area contributed by atoms with Crippen molar-refractivity contribution in [3.8, 4) is 0 Å². The highest BCUT2D eigenvalue weighted by Crippen LogP contribution is 2.12. The van der Waals surface area contributed by atoms with E-state index in [1.54, 1.807) is 6.07 Å². The molecule has 2 amide bonds. The van der Waals surface area contributed by atoms with Gasteiger partial charge in [-0.2, -0.15) is 0 Å². The molecule has 2 rings (SSSR count). The first-order chi connectivity index (χ1) is 12.1. The average molecular weight is 339 g/mol. The lowest BCUT2D eigenvalue weighted by atomic mass is 10.1. The Bertz CT molecular complexity index is 711. The van der Waals surface area contributed by atoms with Crippen molar-refractivity contribution in [1.29, 1.82) is 0 Å². The van der Waals surface area contributed by atoms with Crippen molar-refractivity contribution in [3.05, 3.63) is 59.4 Å². The van der Waals surface area contributed by atoms with Gasteiger partial charge in [-0.3, -0.25) is 14.6 Å². The van der Waals surface area contributed by atoms with E-state index in [1.165, 1.54) is 18.0 Å². The van der Waals surface area contributed by atoms with E-state index in [-0.39, 0.29) is 11.8 Å². The first kappa shape index (κ1) is 18.6. The predicted molar refractivity (Wildman–Crippen MR) is 99.9 cm³/mol. The van der Waals surface area contributed by atoms with Gasteiger partial charge in [-0.1, -0.05) is 38.8 Å². The van der Waals surface area contributed by atoms with E-state index in [2.05, 4.69) is 29.5 Å². The topological polar surface area (TPSA) is 71.1 Å². The van der Waals surface area contributed by atoms with Crippen LogP contribution < -0.4 is 10.6 Å². The Morgan fingerprint density at radius 2 is 1.64 bits per heavy atom. The zero-order valence-electron chi connectivity index (χ0n) is 14.8. The fourth-order valence-electron chi connectivity index (χ4n) is 2.39. The predicted octanol–water partition coefficient (Wildman–Crippen LogP) is 3.82. The smallest absolute Gasteiger partial charge is 0.257 e. The van der Waals surface area contributed by atoms with Gasteiger partial charge in [0.15, 0.2) is 0 Å². The molecule has 2 N–H and O–H groups in total. The largest absolute Gasteiger partial charge is 0.352 e. The van der Waals surface area contributed by atoms with Crippen LogP contribution in [0, 0.1) is 0 Å². The van der Waals surface area contributed by atoms with Crippen LogP contribution in [0.1, 0.15) is 59.4 Å². The van der Waals surface area contributed by atoms with Gasteiger partial charge in [0.2, 0.25) is 0 Å². The maximum Gasteiger partial charge on any atom is 0.257 e. The molecule has 132 valence electrons. The number of unbranched alkanes of at least 4 members (excludes halogenated alkanes) is 2. The molecular formula is C20H25N3O2. The Morgan fingerprint density at radius 3 is 2.28 bits per heavy atom. The summed E-state index contributed by atoms with van der Waals surface area (Å²) in [5.41, 5.74) is 2.68. The molecule has 5 nitrogen and oxygen atoms in total. The second-order valence-corrected chi connectivity index (χ2v) is 5.93. The SMILES string of the molecule is CCCCCNC(=O)c1cncc(C(=O)Nc2ccc(CC)cc2)c1. The molecule has 2 aromatic rings. The molecule has 0 atom stereocenters. The molecule has 1 heterocycles. The summed E-state index contributed by atoms with van der Waals surface area (Å²) < 4.78 is 0. The number of benzene rings is 1. The molecule has 0 saturated heterocycles. The van der Waals surface area contributed by atoms with Gasteiger partial charge in [-0.05, 0) is 36.6 Å². The molecule has 0 fully saturated rings. The molecule has 0 aliphatic heterocycles. The Kier molecular flexibility index (Phi) is 7.14. The van der Waals surface area contributed by atoms with Gasteiger partial charge < -0.3 is 10.6 Å². The fraction of sp³-hybridized carbons (Fsp3) is 0.350. The van der Waals surface area contributed by atoms with Crippen LogP contribution >= 0.6 is 0 Å². The number of anilines is 1. The summed E-state index contributed by atoms with van der Waals surface area (Å²) >= 11 is 0. The Hall–Kier alpha value is -2.69. The number of carbonyl (C=O) groups is 2. The minimum absolute atomic E-state index is 0.203. The lowest BCUT2D eigenvalue weighted by Gasteiger charge is -2.08. The van der Waals surface area contributed by atoms with E-state index in [0.29, 0.717) is 17.7 Å². The first-order valence-electron chi connectivity index (χ1n) is 8.77. The quantitative estimate of drug-likeness (QED) is 0.718. The minimum atomic E-state index is -0.280. The second kappa shape index (κ2) is 9.57. The second-order valence-electron chi connectivity index (χ2n) is 5.93. The summed E-state index contributed by atoms with van der Waals surface area (Å²) in [5, 5.41) is 5.68. The highest BCUT2D eigenvalue weighted by atomic mass is 16.2. The van der Waals surface area contributed by atoms with Crippen LogP contribution in [0.2, 0.25) is 0 Å². The highest BCUT2D eigenvalue weighted by Gasteiger charge is 2.11. The number of aryl methyl sites for hydroxylation is 1. The van der Waals surface area contributed by atoms with Gasteiger partial charge in [0, 0.05) is 24.6 Å². The maximum absolute atomic E-state index is 12.4. The van der Waals surface area contributed by atoms with Crippen molar-refractivity contribution in [2.75, 3.05) is 11.9 Å². The summed E-state index contributed by atoms with van der Waals surface area (Å²) in [6, 6.07) is 9.27. The van der Waals surface area contributed by atoms with Crippen LogP contribution in [0.5, 0.6) is 0 Å². The summed E-state index contributed by atoms with van der Waals surface area (Å²) in [7, 11) is 0. The Balaban J connectivity index is 1.99. The number of nitrogens with one attached hydrogen (secondary N) is 2. The summed E-state index contributed by atoms with van der Waals surface area (Å²) in [4.78, 5) is 28.5. The number of hydrogen-bond acceptors (Lipinski definition) is 3. The molecule has 25 heavy (non-hydrogen) atoms. The maximum atomic E-state index is 12.4. The number of aromatic nitrogens is 1. The van der Waals surface area contributed by atoms with Crippen LogP contribution in [0.3, 0.4) is 0 Å². The number of nitrogens with zero attached hydrogens (tertiary/aromatic N) is 1. The van der Waals surface area contributed by atoms with Crippen molar-refractivity contribution in [3.63, 3.8) is 0 Å². The molecule has 1 aromatic carbocycles. The van der Waals surface area contributed by atoms with Gasteiger partial charge in [-0.15, -0.1) is 0 Å². The van der Waals surface area contributed by atoms with Crippen molar-refractivity contribution < 1.29 is 9.59 Å². The molecule has 0 saturated carbocycles. The average Bonchev–Trinajstić information content (AvgIpc) is 2.65. The molecule has 0 unspecified atom stereocenters. The van der Waals surface area contributed by atoms with E-state index >= 15 is 0 Å². The van der Waals surface area contributed by atoms with E-state index in [9.17, 15) is 9.59 Å². The minimum Gasteiger partial charge on any atom is -0.352 e. The van der Waals surface area contributed by atoms with Crippen LogP contribution in [0.4, 0.5) is 5.69 Å². The highest BCUT2D eigenvalue weighted by molar-refractivity contribution is 6.05. The molecule has 1 aromatic heterocycles.